The average Bonchev–Trinajstić information content (AvgIpc) is 3.00. The molecule has 3 aliphatic rings. The van der Waals surface area contributed by atoms with Crippen LogP contribution in [0.1, 0.15) is 26.7 Å². The first-order valence-electron chi connectivity index (χ1n) is 7.37. The van der Waals surface area contributed by atoms with Crippen LogP contribution in [0.3, 0.4) is 0 Å². The van der Waals surface area contributed by atoms with Crippen molar-refractivity contribution in [3.63, 3.8) is 0 Å². The molecule has 2 bridgehead atoms. The average molecular weight is 334 g/mol. The molecule has 0 aromatic heterocycles. The van der Waals surface area contributed by atoms with Crippen molar-refractivity contribution in [2.24, 2.45) is 17.3 Å². The number of fused-ring (bicyclic) bond motifs is 1. The molecule has 6 atom stereocenters. The Hall–Kier alpha value is -1.57. The van der Waals surface area contributed by atoms with Gasteiger partial charge in [-0.3, -0.25) is 4.79 Å². The van der Waals surface area contributed by atoms with Gasteiger partial charge in [0.15, 0.2) is 5.41 Å². The molecular formula is C15H17F3O5. The van der Waals surface area contributed by atoms with Crippen LogP contribution < -0.4 is 0 Å². The fourth-order valence-electron chi connectivity index (χ4n) is 4.08. The molecule has 0 spiro atoms. The lowest BCUT2D eigenvalue weighted by Crippen LogP contribution is -2.48. The molecule has 3 fully saturated rings. The molecule has 1 aliphatic heterocycles. The number of ether oxygens (including phenoxy) is 3. The Morgan fingerprint density at radius 2 is 2.13 bits per heavy atom. The van der Waals surface area contributed by atoms with E-state index in [1.165, 1.54) is 13.8 Å². The monoisotopic (exact) mass is 334 g/mol. The third kappa shape index (κ3) is 2.18. The second-order valence-corrected chi connectivity index (χ2v) is 6.50. The Morgan fingerprint density at radius 1 is 1.48 bits per heavy atom. The van der Waals surface area contributed by atoms with Crippen molar-refractivity contribution in [3.05, 3.63) is 12.2 Å². The second kappa shape index (κ2) is 4.96. The number of alkyl halides is 3. The van der Waals surface area contributed by atoms with Crippen LogP contribution in [0.15, 0.2) is 12.2 Å². The number of carbonyl (C=O) groups excluding carboxylic acids is 2. The fraction of sp³-hybridized carbons (Fsp3) is 0.733. The maximum atomic E-state index is 13.4. The van der Waals surface area contributed by atoms with Gasteiger partial charge in [0.05, 0.1) is 0 Å². The molecular weight excluding hydrogens is 317 g/mol. The Morgan fingerprint density at radius 3 is 2.70 bits per heavy atom. The molecule has 1 saturated heterocycles. The van der Waals surface area contributed by atoms with Gasteiger partial charge in [0.1, 0.15) is 12.2 Å². The van der Waals surface area contributed by atoms with E-state index in [2.05, 4.69) is 6.58 Å². The number of hydrogen-bond donors (Lipinski definition) is 0. The van der Waals surface area contributed by atoms with Crippen LogP contribution >= 0.6 is 0 Å². The van der Waals surface area contributed by atoms with E-state index in [4.69, 9.17) is 14.2 Å². The molecule has 6 unspecified atom stereocenters. The lowest BCUT2D eigenvalue weighted by atomic mass is 9.73. The van der Waals surface area contributed by atoms with E-state index in [1.807, 2.05) is 0 Å². The van der Waals surface area contributed by atoms with Gasteiger partial charge in [-0.25, -0.2) is 4.79 Å². The standard InChI is InChI=1S/C15H17F3O5/c1-6(2)12(19)22-7(3)21-10-8-4-9-11(10)23-13(20)14(9,5-8)15(16,17)18/h7-11H,1,4-5H2,2-3H3. The summed E-state index contributed by atoms with van der Waals surface area (Å²) >= 11 is 0. The van der Waals surface area contributed by atoms with Crippen LogP contribution in [0.4, 0.5) is 13.2 Å². The lowest BCUT2D eigenvalue weighted by molar-refractivity contribution is -0.235. The molecule has 0 aromatic carbocycles. The van der Waals surface area contributed by atoms with Crippen LogP contribution in [0.5, 0.6) is 0 Å². The summed E-state index contributed by atoms with van der Waals surface area (Å²) in [5.74, 6) is -3.22. The van der Waals surface area contributed by atoms with Crippen LogP contribution in [0, 0.1) is 17.3 Å². The van der Waals surface area contributed by atoms with Gasteiger partial charge in [0, 0.05) is 11.5 Å². The normalized spacial score (nSPS) is 39.3. The summed E-state index contributed by atoms with van der Waals surface area (Å²) in [6.07, 6.45) is -7.31. The van der Waals surface area contributed by atoms with Gasteiger partial charge in [0.2, 0.25) is 6.29 Å². The van der Waals surface area contributed by atoms with E-state index in [9.17, 15) is 22.8 Å². The molecule has 2 saturated carbocycles. The summed E-state index contributed by atoms with van der Waals surface area (Å²) in [4.78, 5) is 23.3. The Labute approximate surface area is 130 Å². The quantitative estimate of drug-likeness (QED) is 0.449. The highest BCUT2D eigenvalue weighted by Crippen LogP contribution is 2.67. The molecule has 8 heteroatoms. The van der Waals surface area contributed by atoms with Crippen molar-refractivity contribution in [1.29, 1.82) is 0 Å². The summed E-state index contributed by atoms with van der Waals surface area (Å²) in [6.45, 7) is 6.39. The van der Waals surface area contributed by atoms with Crippen molar-refractivity contribution in [1.82, 2.24) is 0 Å². The highest BCUT2D eigenvalue weighted by molar-refractivity contribution is 5.87. The topological polar surface area (TPSA) is 61.8 Å². The zero-order valence-corrected chi connectivity index (χ0v) is 12.7. The SMILES string of the molecule is C=C(C)C(=O)OC(C)OC1C2CC3C1OC(=O)C3(C(F)(F)F)C2. The predicted octanol–water partition coefficient (Wildman–Crippen LogP) is 2.35. The summed E-state index contributed by atoms with van der Waals surface area (Å²) in [6, 6.07) is 0. The van der Waals surface area contributed by atoms with Gasteiger partial charge < -0.3 is 14.2 Å². The first kappa shape index (κ1) is 16.3. The van der Waals surface area contributed by atoms with Crippen LogP contribution in [-0.4, -0.2) is 36.6 Å². The smallest absolute Gasteiger partial charge is 0.405 e. The molecule has 0 N–H and O–H groups in total. The van der Waals surface area contributed by atoms with E-state index >= 15 is 0 Å². The van der Waals surface area contributed by atoms with Crippen LogP contribution in [-0.2, 0) is 23.8 Å². The van der Waals surface area contributed by atoms with E-state index in [1.54, 1.807) is 0 Å². The van der Waals surface area contributed by atoms with Gasteiger partial charge in [-0.15, -0.1) is 0 Å². The number of esters is 2. The molecule has 3 rings (SSSR count). The van der Waals surface area contributed by atoms with Crippen molar-refractivity contribution in [2.75, 3.05) is 0 Å². The summed E-state index contributed by atoms with van der Waals surface area (Å²) < 4.78 is 55.7. The summed E-state index contributed by atoms with van der Waals surface area (Å²) in [5, 5.41) is 0. The number of halogens is 3. The van der Waals surface area contributed by atoms with Gasteiger partial charge in [-0.05, 0) is 32.6 Å². The molecule has 0 radical (unpaired) electrons. The van der Waals surface area contributed by atoms with Crippen molar-refractivity contribution >= 4 is 11.9 Å². The highest BCUT2D eigenvalue weighted by Gasteiger charge is 2.80. The first-order chi connectivity index (χ1) is 10.6. The zero-order valence-electron chi connectivity index (χ0n) is 12.7. The maximum absolute atomic E-state index is 13.4. The number of rotatable bonds is 4. The zero-order chi connectivity index (χ0) is 17.2. The van der Waals surface area contributed by atoms with Gasteiger partial charge in [-0.2, -0.15) is 13.2 Å². The summed E-state index contributed by atoms with van der Waals surface area (Å²) in [5.41, 5.74) is -2.20. The first-order valence-corrected chi connectivity index (χ1v) is 7.37. The molecule has 5 nitrogen and oxygen atoms in total. The minimum atomic E-state index is -4.62. The van der Waals surface area contributed by atoms with Crippen LogP contribution in [0.2, 0.25) is 0 Å². The third-order valence-electron chi connectivity index (χ3n) is 5.04. The van der Waals surface area contributed by atoms with Crippen molar-refractivity contribution < 1.29 is 37.0 Å². The predicted molar refractivity (Wildman–Crippen MR) is 69.8 cm³/mol. The third-order valence-corrected chi connectivity index (χ3v) is 5.04. The Bertz CT molecular complexity index is 572. The van der Waals surface area contributed by atoms with Gasteiger partial charge in [0.25, 0.3) is 0 Å². The van der Waals surface area contributed by atoms with E-state index < -0.39 is 53.9 Å². The fourth-order valence-corrected chi connectivity index (χ4v) is 4.08. The minimum Gasteiger partial charge on any atom is -0.459 e. The van der Waals surface area contributed by atoms with Gasteiger partial charge >= 0.3 is 18.1 Å². The molecule has 2 aliphatic carbocycles. The van der Waals surface area contributed by atoms with Crippen LogP contribution in [0.25, 0.3) is 0 Å². The molecule has 0 aromatic rings. The largest absolute Gasteiger partial charge is 0.459 e. The molecule has 1 heterocycles. The second-order valence-electron chi connectivity index (χ2n) is 6.50. The van der Waals surface area contributed by atoms with E-state index in [0.717, 1.165) is 0 Å². The highest BCUT2D eigenvalue weighted by atomic mass is 19.4. The van der Waals surface area contributed by atoms with Crippen molar-refractivity contribution in [3.8, 4) is 0 Å². The Balaban J connectivity index is 1.73. The Kier molecular flexibility index (Phi) is 3.51. The van der Waals surface area contributed by atoms with E-state index in [-0.39, 0.29) is 18.4 Å². The molecule has 128 valence electrons. The number of hydrogen-bond acceptors (Lipinski definition) is 5. The summed E-state index contributed by atoms with van der Waals surface area (Å²) in [7, 11) is 0. The lowest BCUT2D eigenvalue weighted by Gasteiger charge is -2.34. The van der Waals surface area contributed by atoms with Crippen molar-refractivity contribution in [2.45, 2.75) is 51.4 Å². The maximum Gasteiger partial charge on any atom is 0.405 e. The number of carbonyl (C=O) groups is 2. The molecule has 0 amide bonds. The van der Waals surface area contributed by atoms with Gasteiger partial charge in [-0.1, -0.05) is 6.58 Å². The molecule has 23 heavy (non-hydrogen) atoms. The minimum absolute atomic E-state index is 0.191. The van der Waals surface area contributed by atoms with E-state index in [0.29, 0.717) is 0 Å².